The molecule has 1 heterocycles. The van der Waals surface area contributed by atoms with Gasteiger partial charge in [-0.2, -0.15) is 0 Å². The zero-order valence-corrected chi connectivity index (χ0v) is 8.87. The maximum Gasteiger partial charge on any atom is 0.0420 e. The van der Waals surface area contributed by atoms with Crippen LogP contribution in [0.3, 0.4) is 0 Å². The van der Waals surface area contributed by atoms with Crippen molar-refractivity contribution in [1.29, 1.82) is 0 Å². The van der Waals surface area contributed by atoms with Crippen molar-refractivity contribution in [3.63, 3.8) is 0 Å². The van der Waals surface area contributed by atoms with E-state index in [-0.39, 0.29) is 0 Å². The molecule has 0 spiro atoms. The number of benzene rings is 1. The highest BCUT2D eigenvalue weighted by molar-refractivity contribution is 9.10. The van der Waals surface area contributed by atoms with Crippen LogP contribution in [0.15, 0.2) is 16.6 Å². The lowest BCUT2D eigenvalue weighted by Gasteiger charge is -2.18. The van der Waals surface area contributed by atoms with Crippen molar-refractivity contribution in [3.8, 4) is 0 Å². The Morgan fingerprint density at radius 2 is 2.25 bits per heavy atom. The second-order valence-corrected chi connectivity index (χ2v) is 4.24. The van der Waals surface area contributed by atoms with E-state index in [1.165, 1.54) is 11.1 Å². The van der Waals surface area contributed by atoms with E-state index in [2.05, 4.69) is 27.3 Å². The van der Waals surface area contributed by atoms with E-state index in [0.717, 1.165) is 29.0 Å². The van der Waals surface area contributed by atoms with Crippen LogP contribution >= 0.6 is 27.5 Å². The van der Waals surface area contributed by atoms with Gasteiger partial charge >= 0.3 is 0 Å². The molecule has 1 aliphatic rings. The van der Waals surface area contributed by atoms with Crippen LogP contribution in [0.2, 0.25) is 5.02 Å². The van der Waals surface area contributed by atoms with Crippen molar-refractivity contribution in [3.05, 3.63) is 32.8 Å². The fourth-order valence-electron chi connectivity index (χ4n) is 1.51. The minimum atomic E-state index is 0.822. The van der Waals surface area contributed by atoms with Gasteiger partial charge in [0.2, 0.25) is 0 Å². The quantitative estimate of drug-likeness (QED) is 0.742. The molecule has 64 valence electrons. The Morgan fingerprint density at radius 3 is 3.08 bits per heavy atom. The van der Waals surface area contributed by atoms with E-state index < -0.39 is 0 Å². The lowest BCUT2D eigenvalue weighted by atomic mass is 10.0. The van der Waals surface area contributed by atoms with Gasteiger partial charge in [0.25, 0.3) is 0 Å². The first kappa shape index (κ1) is 8.54. The van der Waals surface area contributed by atoms with Crippen molar-refractivity contribution in [2.75, 3.05) is 6.54 Å². The molecule has 0 amide bonds. The van der Waals surface area contributed by atoms with E-state index in [1.807, 2.05) is 6.07 Å². The monoisotopic (exact) mass is 245 g/mol. The molecule has 0 bridgehead atoms. The van der Waals surface area contributed by atoms with Crippen LogP contribution in [0.1, 0.15) is 11.1 Å². The maximum absolute atomic E-state index is 5.93. The SMILES string of the molecule is Clc1cc(Br)c2c(c1)CCNC2. The standard InChI is InChI=1S/C9H9BrClN/c10-9-4-7(11)3-6-1-2-12-5-8(6)9/h3-4,12H,1-2,5H2. The fourth-order valence-corrected chi connectivity index (χ4v) is 2.53. The molecule has 1 aromatic rings. The first-order valence-electron chi connectivity index (χ1n) is 3.95. The topological polar surface area (TPSA) is 12.0 Å². The van der Waals surface area contributed by atoms with Crippen molar-refractivity contribution in [2.45, 2.75) is 13.0 Å². The molecule has 2 rings (SSSR count). The van der Waals surface area contributed by atoms with Gasteiger partial charge in [-0.15, -0.1) is 0 Å². The Hall–Kier alpha value is -0.0500. The summed E-state index contributed by atoms with van der Waals surface area (Å²) in [6.07, 6.45) is 1.08. The van der Waals surface area contributed by atoms with E-state index >= 15 is 0 Å². The summed E-state index contributed by atoms with van der Waals surface area (Å²) in [7, 11) is 0. The third kappa shape index (κ3) is 1.51. The molecular formula is C9H9BrClN. The minimum Gasteiger partial charge on any atom is -0.312 e. The first-order chi connectivity index (χ1) is 5.77. The summed E-state index contributed by atoms with van der Waals surface area (Å²) in [5, 5.41) is 4.15. The summed E-state index contributed by atoms with van der Waals surface area (Å²) in [6.45, 7) is 2.01. The van der Waals surface area contributed by atoms with Gasteiger partial charge in [0.1, 0.15) is 0 Å². The zero-order chi connectivity index (χ0) is 8.55. The number of nitrogens with one attached hydrogen (secondary N) is 1. The highest BCUT2D eigenvalue weighted by Crippen LogP contribution is 2.27. The number of hydrogen-bond acceptors (Lipinski definition) is 1. The Balaban J connectivity index is 2.53. The molecular weight excluding hydrogens is 237 g/mol. The Labute approximate surface area is 85.2 Å². The lowest BCUT2D eigenvalue weighted by molar-refractivity contribution is 0.641. The summed E-state index contributed by atoms with van der Waals surface area (Å²) in [4.78, 5) is 0. The fraction of sp³-hybridized carbons (Fsp3) is 0.333. The lowest BCUT2D eigenvalue weighted by Crippen LogP contribution is -2.23. The predicted octanol–water partition coefficient (Wildman–Crippen LogP) is 2.75. The average molecular weight is 247 g/mol. The number of halogens is 2. The highest BCUT2D eigenvalue weighted by Gasteiger charge is 2.11. The molecule has 1 aliphatic heterocycles. The van der Waals surface area contributed by atoms with Crippen LogP contribution in [0.4, 0.5) is 0 Å². The van der Waals surface area contributed by atoms with E-state index in [4.69, 9.17) is 11.6 Å². The van der Waals surface area contributed by atoms with Gasteiger partial charge in [-0.1, -0.05) is 27.5 Å². The predicted molar refractivity (Wildman–Crippen MR) is 54.6 cm³/mol. The molecule has 1 nitrogen and oxygen atoms in total. The largest absolute Gasteiger partial charge is 0.312 e. The van der Waals surface area contributed by atoms with Crippen LogP contribution in [0.25, 0.3) is 0 Å². The van der Waals surface area contributed by atoms with E-state index in [9.17, 15) is 0 Å². The van der Waals surface area contributed by atoms with Gasteiger partial charge in [0.05, 0.1) is 0 Å². The Kier molecular flexibility index (Phi) is 2.40. The van der Waals surface area contributed by atoms with Gasteiger partial charge in [-0.25, -0.2) is 0 Å². The average Bonchev–Trinajstić information content (AvgIpc) is 2.04. The molecule has 0 unspecified atom stereocenters. The van der Waals surface area contributed by atoms with Gasteiger partial charge in [0.15, 0.2) is 0 Å². The normalized spacial score (nSPS) is 15.8. The summed E-state index contributed by atoms with van der Waals surface area (Å²) < 4.78 is 1.12. The van der Waals surface area contributed by atoms with Crippen LogP contribution in [0, 0.1) is 0 Å². The van der Waals surface area contributed by atoms with Gasteiger partial charge in [0, 0.05) is 16.0 Å². The van der Waals surface area contributed by atoms with E-state index in [0.29, 0.717) is 0 Å². The molecule has 0 radical (unpaired) electrons. The zero-order valence-electron chi connectivity index (χ0n) is 6.53. The van der Waals surface area contributed by atoms with Crippen molar-refractivity contribution < 1.29 is 0 Å². The number of hydrogen-bond donors (Lipinski definition) is 1. The van der Waals surface area contributed by atoms with Crippen LogP contribution in [-0.4, -0.2) is 6.54 Å². The van der Waals surface area contributed by atoms with Crippen molar-refractivity contribution in [1.82, 2.24) is 5.32 Å². The molecule has 0 fully saturated rings. The molecule has 12 heavy (non-hydrogen) atoms. The number of rotatable bonds is 0. The smallest absolute Gasteiger partial charge is 0.0420 e. The molecule has 0 atom stereocenters. The van der Waals surface area contributed by atoms with Crippen molar-refractivity contribution >= 4 is 27.5 Å². The summed E-state index contributed by atoms with van der Waals surface area (Å²) in [6, 6.07) is 4.01. The van der Waals surface area contributed by atoms with Crippen LogP contribution < -0.4 is 5.32 Å². The second-order valence-electron chi connectivity index (χ2n) is 2.95. The first-order valence-corrected chi connectivity index (χ1v) is 5.12. The maximum atomic E-state index is 5.93. The van der Waals surface area contributed by atoms with Crippen LogP contribution in [-0.2, 0) is 13.0 Å². The molecule has 3 heteroatoms. The van der Waals surface area contributed by atoms with Gasteiger partial charge in [-0.05, 0) is 36.2 Å². The molecule has 0 aliphatic carbocycles. The molecule has 0 aromatic heterocycles. The highest BCUT2D eigenvalue weighted by atomic mass is 79.9. The molecule has 0 saturated heterocycles. The summed E-state index contributed by atoms with van der Waals surface area (Å²) in [5.41, 5.74) is 2.72. The van der Waals surface area contributed by atoms with E-state index in [1.54, 1.807) is 0 Å². The van der Waals surface area contributed by atoms with Crippen LogP contribution in [0.5, 0.6) is 0 Å². The minimum absolute atomic E-state index is 0.822. The van der Waals surface area contributed by atoms with Gasteiger partial charge < -0.3 is 5.32 Å². The Bertz CT molecular complexity index is 312. The summed E-state index contributed by atoms with van der Waals surface area (Å²) in [5.74, 6) is 0. The Morgan fingerprint density at radius 1 is 1.42 bits per heavy atom. The molecule has 0 saturated carbocycles. The molecule has 1 N–H and O–H groups in total. The van der Waals surface area contributed by atoms with Crippen molar-refractivity contribution in [2.24, 2.45) is 0 Å². The third-order valence-corrected chi connectivity index (χ3v) is 3.05. The summed E-state index contributed by atoms with van der Waals surface area (Å²) >= 11 is 9.44. The van der Waals surface area contributed by atoms with Gasteiger partial charge in [-0.3, -0.25) is 0 Å². The third-order valence-electron chi connectivity index (χ3n) is 2.13. The second kappa shape index (κ2) is 3.36. The number of fused-ring (bicyclic) bond motifs is 1. The molecule has 1 aromatic carbocycles.